The number of rotatable bonds is 6. The maximum atomic E-state index is 13.0. The number of fused-ring (bicyclic) bond motifs is 2. The fourth-order valence-electron chi connectivity index (χ4n) is 4.69. The van der Waals surface area contributed by atoms with Crippen molar-refractivity contribution in [1.29, 1.82) is 5.26 Å². The van der Waals surface area contributed by atoms with Crippen molar-refractivity contribution in [3.63, 3.8) is 0 Å². The Balaban J connectivity index is 1.61. The van der Waals surface area contributed by atoms with Crippen LogP contribution in [0.15, 0.2) is 48.0 Å². The number of nitriles is 1. The van der Waals surface area contributed by atoms with Crippen LogP contribution in [-0.2, 0) is 16.8 Å². The first-order valence-electron chi connectivity index (χ1n) is 10.7. The molecule has 1 atom stereocenters. The van der Waals surface area contributed by atoms with Crippen LogP contribution in [-0.4, -0.2) is 25.8 Å². The largest absolute Gasteiger partial charge is 0.496 e. The van der Waals surface area contributed by atoms with Crippen molar-refractivity contribution in [3.8, 4) is 17.6 Å². The molecule has 0 bridgehead atoms. The number of nitrogens with zero attached hydrogens (tertiary/aromatic N) is 1. The Morgan fingerprint density at radius 3 is 2.73 bits per heavy atom. The Hall–Kier alpha value is -3.47. The van der Waals surface area contributed by atoms with Gasteiger partial charge in [-0.3, -0.25) is 4.79 Å². The number of para-hydroxylation sites is 1. The van der Waals surface area contributed by atoms with Gasteiger partial charge in [0.2, 0.25) is 0 Å². The topological polar surface area (TPSA) is 71.3 Å². The number of benzene rings is 2. The van der Waals surface area contributed by atoms with Gasteiger partial charge in [0.15, 0.2) is 0 Å². The molecule has 8 heteroatoms. The highest BCUT2D eigenvalue weighted by atomic mass is 19.4. The SMILES string of the molecule is COc1ccccc1C1=C(C#N)C(=O)NC2(CCc3cc(OCCCC(F)(F)F)ccc32)C1. The van der Waals surface area contributed by atoms with Crippen molar-refractivity contribution < 1.29 is 27.4 Å². The smallest absolute Gasteiger partial charge is 0.389 e. The third kappa shape index (κ3) is 4.54. The fourth-order valence-corrected chi connectivity index (χ4v) is 4.69. The summed E-state index contributed by atoms with van der Waals surface area (Å²) in [6.45, 7) is -0.0214. The lowest BCUT2D eigenvalue weighted by molar-refractivity contribution is -0.136. The lowest BCUT2D eigenvalue weighted by Crippen LogP contribution is -2.48. The summed E-state index contributed by atoms with van der Waals surface area (Å²) in [4.78, 5) is 13.0. The summed E-state index contributed by atoms with van der Waals surface area (Å²) in [5.41, 5.74) is 2.66. The quantitative estimate of drug-likeness (QED) is 0.617. The summed E-state index contributed by atoms with van der Waals surface area (Å²) in [7, 11) is 1.55. The number of methoxy groups -OCH3 is 1. The monoisotopic (exact) mass is 456 g/mol. The highest BCUT2D eigenvalue weighted by Gasteiger charge is 2.45. The molecule has 1 aliphatic heterocycles. The summed E-state index contributed by atoms with van der Waals surface area (Å²) < 4.78 is 48.0. The molecule has 0 fully saturated rings. The number of ether oxygens (including phenoxy) is 2. The standard InChI is InChI=1S/C25H23F3N2O3/c1-32-22-6-3-2-5-18(22)19-14-24(30-23(31)20(19)15-29)11-9-16-13-17(7-8-21(16)24)33-12-4-10-25(26,27)28/h2-3,5-8,13H,4,9-12,14H2,1H3,(H,30,31). The minimum absolute atomic E-state index is 0.0214. The van der Waals surface area contributed by atoms with Gasteiger partial charge in [-0.05, 0) is 54.2 Å². The highest BCUT2D eigenvalue weighted by Crippen LogP contribution is 2.48. The molecule has 1 aliphatic carbocycles. The summed E-state index contributed by atoms with van der Waals surface area (Å²) in [6.07, 6.45) is -3.43. The molecule has 0 saturated heterocycles. The van der Waals surface area contributed by atoms with Crippen LogP contribution in [0.25, 0.3) is 5.57 Å². The Kier molecular flexibility index (Phi) is 6.07. The van der Waals surface area contributed by atoms with Gasteiger partial charge in [0, 0.05) is 18.4 Å². The fraction of sp³-hybridized carbons (Fsp3) is 0.360. The van der Waals surface area contributed by atoms with E-state index in [2.05, 4.69) is 5.32 Å². The molecule has 0 saturated carbocycles. The Labute approximate surface area is 189 Å². The predicted molar refractivity (Wildman–Crippen MR) is 116 cm³/mol. The molecule has 0 radical (unpaired) electrons. The Bertz CT molecular complexity index is 1150. The molecular formula is C25H23F3N2O3. The lowest BCUT2D eigenvalue weighted by Gasteiger charge is -2.37. The first kappa shape index (κ1) is 22.7. The van der Waals surface area contributed by atoms with Crippen molar-refractivity contribution in [2.24, 2.45) is 0 Å². The van der Waals surface area contributed by atoms with Crippen molar-refractivity contribution in [2.45, 2.75) is 43.8 Å². The second-order valence-electron chi connectivity index (χ2n) is 8.26. The van der Waals surface area contributed by atoms with Crippen LogP contribution in [0.3, 0.4) is 0 Å². The van der Waals surface area contributed by atoms with E-state index in [-0.39, 0.29) is 18.6 Å². The molecule has 1 unspecified atom stereocenters. The third-order valence-electron chi connectivity index (χ3n) is 6.19. The van der Waals surface area contributed by atoms with E-state index in [0.29, 0.717) is 41.9 Å². The van der Waals surface area contributed by atoms with Crippen LogP contribution in [0.5, 0.6) is 11.5 Å². The van der Waals surface area contributed by atoms with E-state index in [1.54, 1.807) is 19.2 Å². The zero-order chi connectivity index (χ0) is 23.6. The molecule has 1 heterocycles. The van der Waals surface area contributed by atoms with Gasteiger partial charge < -0.3 is 14.8 Å². The van der Waals surface area contributed by atoms with Gasteiger partial charge in [-0.1, -0.05) is 24.3 Å². The average Bonchev–Trinajstić information content (AvgIpc) is 3.12. The predicted octanol–water partition coefficient (Wildman–Crippen LogP) is 5.06. The van der Waals surface area contributed by atoms with E-state index in [9.17, 15) is 23.2 Å². The number of nitrogens with one attached hydrogen (secondary N) is 1. The number of alkyl halides is 3. The van der Waals surface area contributed by atoms with Gasteiger partial charge in [0.05, 0.1) is 19.3 Å². The van der Waals surface area contributed by atoms with E-state index in [0.717, 1.165) is 11.1 Å². The summed E-state index contributed by atoms with van der Waals surface area (Å²) in [5.74, 6) is 0.671. The molecule has 2 aliphatic rings. The molecule has 2 aromatic carbocycles. The zero-order valence-corrected chi connectivity index (χ0v) is 18.1. The zero-order valence-electron chi connectivity index (χ0n) is 18.1. The van der Waals surface area contributed by atoms with Gasteiger partial charge in [0.1, 0.15) is 23.1 Å². The number of amides is 1. The molecule has 33 heavy (non-hydrogen) atoms. The molecule has 2 aromatic rings. The van der Waals surface area contributed by atoms with E-state index in [1.165, 1.54) is 0 Å². The van der Waals surface area contributed by atoms with Gasteiger partial charge in [0.25, 0.3) is 5.91 Å². The molecule has 1 N–H and O–H groups in total. The Morgan fingerprint density at radius 1 is 1.21 bits per heavy atom. The minimum atomic E-state index is -4.19. The number of halogens is 3. The molecular weight excluding hydrogens is 433 g/mol. The van der Waals surface area contributed by atoms with Crippen LogP contribution in [0, 0.1) is 11.3 Å². The molecule has 1 spiro atoms. The van der Waals surface area contributed by atoms with Crippen molar-refractivity contribution in [2.75, 3.05) is 13.7 Å². The van der Waals surface area contributed by atoms with Gasteiger partial charge in [-0.25, -0.2) is 0 Å². The number of aryl methyl sites for hydroxylation is 1. The first-order chi connectivity index (χ1) is 15.8. The lowest BCUT2D eigenvalue weighted by atomic mass is 9.78. The summed E-state index contributed by atoms with van der Waals surface area (Å²) in [6, 6.07) is 14.8. The van der Waals surface area contributed by atoms with Crippen LogP contribution in [0.2, 0.25) is 0 Å². The number of hydrogen-bond acceptors (Lipinski definition) is 4. The van der Waals surface area contributed by atoms with Crippen LogP contribution < -0.4 is 14.8 Å². The van der Waals surface area contributed by atoms with Crippen molar-refractivity contribution in [1.82, 2.24) is 5.32 Å². The molecule has 5 nitrogen and oxygen atoms in total. The number of carbonyl (C=O) groups excluding carboxylic acids is 1. The summed E-state index contributed by atoms with van der Waals surface area (Å²) in [5, 5.41) is 12.7. The first-order valence-corrected chi connectivity index (χ1v) is 10.7. The average molecular weight is 456 g/mol. The normalized spacial score (nSPS) is 19.8. The second kappa shape index (κ2) is 8.81. The van der Waals surface area contributed by atoms with Crippen LogP contribution >= 0.6 is 0 Å². The van der Waals surface area contributed by atoms with Crippen LogP contribution in [0.4, 0.5) is 13.2 Å². The van der Waals surface area contributed by atoms with E-state index < -0.39 is 24.0 Å². The minimum Gasteiger partial charge on any atom is -0.496 e. The molecule has 172 valence electrons. The second-order valence-corrected chi connectivity index (χ2v) is 8.26. The molecule has 1 amide bonds. The maximum Gasteiger partial charge on any atom is 0.389 e. The molecule has 4 rings (SSSR count). The van der Waals surface area contributed by atoms with Crippen molar-refractivity contribution in [3.05, 3.63) is 64.7 Å². The van der Waals surface area contributed by atoms with Gasteiger partial charge >= 0.3 is 6.18 Å². The van der Waals surface area contributed by atoms with Crippen molar-refractivity contribution >= 4 is 11.5 Å². The van der Waals surface area contributed by atoms with Gasteiger partial charge in [-0.2, -0.15) is 18.4 Å². The summed E-state index contributed by atoms with van der Waals surface area (Å²) >= 11 is 0. The van der Waals surface area contributed by atoms with Gasteiger partial charge in [-0.15, -0.1) is 0 Å². The van der Waals surface area contributed by atoms with E-state index in [1.807, 2.05) is 36.4 Å². The van der Waals surface area contributed by atoms with E-state index in [4.69, 9.17) is 9.47 Å². The van der Waals surface area contributed by atoms with E-state index >= 15 is 0 Å². The number of carbonyl (C=O) groups is 1. The molecule has 0 aromatic heterocycles. The van der Waals surface area contributed by atoms with Crippen LogP contribution in [0.1, 0.15) is 42.4 Å². The Morgan fingerprint density at radius 2 is 2.00 bits per heavy atom. The number of hydrogen-bond donors (Lipinski definition) is 1. The maximum absolute atomic E-state index is 13.0. The third-order valence-corrected chi connectivity index (χ3v) is 6.19. The highest BCUT2D eigenvalue weighted by molar-refractivity contribution is 6.07.